The molecule has 0 radical (unpaired) electrons. The number of primary amides is 1. The quantitative estimate of drug-likeness (QED) is 0.343. The van der Waals surface area contributed by atoms with E-state index in [1.54, 1.807) is 42.6 Å². The molecule has 0 fully saturated rings. The summed E-state index contributed by atoms with van der Waals surface area (Å²) in [6.07, 6.45) is -3.19. The van der Waals surface area contributed by atoms with Crippen LogP contribution in [-0.4, -0.2) is 28.3 Å². The molecule has 4 rings (SSSR count). The lowest BCUT2D eigenvalue weighted by atomic mass is 10.0. The average molecular weight is 455 g/mol. The average Bonchev–Trinajstić information content (AvgIpc) is 3.15. The molecule has 5 N–H and O–H groups in total. The molecule has 0 saturated heterocycles. The van der Waals surface area contributed by atoms with Gasteiger partial charge in [0.2, 0.25) is 0 Å². The van der Waals surface area contributed by atoms with Crippen LogP contribution in [0.4, 0.5) is 29.3 Å². The highest BCUT2D eigenvalue weighted by atomic mass is 19.4. The number of hydrogen-bond donors (Lipinski definition) is 4. The van der Waals surface area contributed by atoms with Gasteiger partial charge in [0.05, 0.1) is 11.0 Å². The van der Waals surface area contributed by atoms with Gasteiger partial charge < -0.3 is 26.1 Å². The zero-order valence-electron chi connectivity index (χ0n) is 16.7. The minimum Gasteiger partial charge on any atom is -0.406 e. The van der Waals surface area contributed by atoms with Gasteiger partial charge in [-0.1, -0.05) is 12.1 Å². The third-order valence-electron chi connectivity index (χ3n) is 4.58. The summed E-state index contributed by atoms with van der Waals surface area (Å²) in [5.41, 5.74) is 8.90. The maximum absolute atomic E-state index is 12.2. The molecule has 2 heterocycles. The molecule has 2 aromatic carbocycles. The second kappa shape index (κ2) is 8.54. The molecule has 168 valence electrons. The van der Waals surface area contributed by atoms with Gasteiger partial charge in [-0.2, -0.15) is 0 Å². The van der Waals surface area contributed by atoms with Gasteiger partial charge in [0, 0.05) is 23.1 Å². The topological polar surface area (TPSA) is 122 Å². The van der Waals surface area contributed by atoms with Crippen molar-refractivity contribution in [1.29, 1.82) is 0 Å². The smallest absolute Gasteiger partial charge is 0.406 e. The summed E-state index contributed by atoms with van der Waals surface area (Å²) < 4.78 is 40.4. The number of ether oxygens (including phenoxy) is 1. The number of halogens is 3. The van der Waals surface area contributed by atoms with E-state index in [1.807, 2.05) is 0 Å². The molecule has 0 aliphatic carbocycles. The number of amides is 3. The van der Waals surface area contributed by atoms with Gasteiger partial charge in [-0.25, -0.2) is 4.79 Å². The number of pyridine rings is 1. The lowest BCUT2D eigenvalue weighted by Crippen LogP contribution is -2.19. The molecule has 0 bridgehead atoms. The Morgan fingerprint density at radius 2 is 1.55 bits per heavy atom. The van der Waals surface area contributed by atoms with Crippen molar-refractivity contribution in [2.45, 2.75) is 6.36 Å². The lowest BCUT2D eigenvalue weighted by molar-refractivity contribution is -0.274. The van der Waals surface area contributed by atoms with E-state index >= 15 is 0 Å². The molecule has 4 aromatic rings. The Kier molecular flexibility index (Phi) is 5.61. The van der Waals surface area contributed by atoms with Gasteiger partial charge in [0.25, 0.3) is 5.91 Å². The fourth-order valence-electron chi connectivity index (χ4n) is 3.24. The van der Waals surface area contributed by atoms with Crippen molar-refractivity contribution < 1.29 is 27.5 Å². The monoisotopic (exact) mass is 455 g/mol. The highest BCUT2D eigenvalue weighted by molar-refractivity contribution is 6.08. The van der Waals surface area contributed by atoms with E-state index in [1.165, 1.54) is 12.1 Å². The number of nitrogens with two attached hydrogens (primary N) is 1. The molecule has 0 saturated carbocycles. The first-order valence-corrected chi connectivity index (χ1v) is 9.50. The largest absolute Gasteiger partial charge is 0.573 e. The molecule has 0 atom stereocenters. The number of H-pyrrole nitrogens is 1. The molecule has 0 spiro atoms. The predicted molar refractivity (Wildman–Crippen MR) is 116 cm³/mol. The third kappa shape index (κ3) is 5.03. The first-order valence-electron chi connectivity index (χ1n) is 9.50. The second-order valence-electron chi connectivity index (χ2n) is 6.87. The van der Waals surface area contributed by atoms with Crippen molar-refractivity contribution in [2.75, 3.05) is 10.6 Å². The number of urea groups is 1. The molecule has 11 heteroatoms. The van der Waals surface area contributed by atoms with Crippen molar-refractivity contribution in [2.24, 2.45) is 5.73 Å². The second-order valence-corrected chi connectivity index (χ2v) is 6.87. The van der Waals surface area contributed by atoms with Crippen LogP contribution in [0.5, 0.6) is 5.75 Å². The van der Waals surface area contributed by atoms with Crippen molar-refractivity contribution >= 4 is 34.3 Å². The van der Waals surface area contributed by atoms with Crippen molar-refractivity contribution in [3.63, 3.8) is 0 Å². The van der Waals surface area contributed by atoms with Gasteiger partial charge in [0.15, 0.2) is 0 Å². The van der Waals surface area contributed by atoms with E-state index < -0.39 is 24.1 Å². The third-order valence-corrected chi connectivity index (χ3v) is 4.58. The molecular weight excluding hydrogens is 439 g/mol. The number of hydrogen-bond acceptors (Lipinski definition) is 4. The van der Waals surface area contributed by atoms with E-state index in [9.17, 15) is 22.8 Å². The predicted octanol–water partition coefficient (Wildman–Crippen LogP) is 4.87. The number of anilines is 2. The highest BCUT2D eigenvalue weighted by Gasteiger charge is 2.31. The number of nitrogens with one attached hydrogen (secondary N) is 3. The van der Waals surface area contributed by atoms with Crippen LogP contribution < -0.4 is 21.1 Å². The van der Waals surface area contributed by atoms with Gasteiger partial charge in [-0.15, -0.1) is 13.2 Å². The van der Waals surface area contributed by atoms with Crippen molar-refractivity contribution in [1.82, 2.24) is 9.97 Å². The fourth-order valence-corrected chi connectivity index (χ4v) is 3.24. The van der Waals surface area contributed by atoms with Gasteiger partial charge in [-0.05, 0) is 54.1 Å². The van der Waals surface area contributed by atoms with Crippen LogP contribution in [0.2, 0.25) is 0 Å². The summed E-state index contributed by atoms with van der Waals surface area (Å²) in [6, 6.07) is 14.3. The maximum Gasteiger partial charge on any atom is 0.573 e. The van der Waals surface area contributed by atoms with Crippen LogP contribution in [0.1, 0.15) is 10.5 Å². The van der Waals surface area contributed by atoms with Crippen molar-refractivity contribution in [3.05, 3.63) is 72.6 Å². The summed E-state index contributed by atoms with van der Waals surface area (Å²) in [5, 5.41) is 5.12. The number of alkyl halides is 3. The number of benzene rings is 2. The molecule has 0 aliphatic heterocycles. The Hall–Kier alpha value is -4.54. The van der Waals surface area contributed by atoms with E-state index in [0.29, 0.717) is 27.8 Å². The van der Waals surface area contributed by atoms with E-state index in [-0.39, 0.29) is 11.4 Å². The van der Waals surface area contributed by atoms with Crippen LogP contribution >= 0.6 is 0 Å². The molecule has 3 amide bonds. The number of carbonyl (C=O) groups is 2. The Bertz CT molecular complexity index is 1320. The summed E-state index contributed by atoms with van der Waals surface area (Å²) in [6.45, 7) is 0. The molecule has 33 heavy (non-hydrogen) atoms. The van der Waals surface area contributed by atoms with Gasteiger partial charge >= 0.3 is 12.4 Å². The first kappa shape index (κ1) is 21.7. The number of nitrogens with zero attached hydrogens (tertiary/aromatic N) is 1. The summed E-state index contributed by atoms with van der Waals surface area (Å²) in [7, 11) is 0. The molecule has 8 nitrogen and oxygen atoms in total. The zero-order valence-corrected chi connectivity index (χ0v) is 16.7. The van der Waals surface area contributed by atoms with Gasteiger partial charge in [-0.3, -0.25) is 9.78 Å². The van der Waals surface area contributed by atoms with Crippen LogP contribution in [0.3, 0.4) is 0 Å². The summed E-state index contributed by atoms with van der Waals surface area (Å²) in [4.78, 5) is 31.4. The zero-order chi connectivity index (χ0) is 23.6. The minimum absolute atomic E-state index is 0.222. The van der Waals surface area contributed by atoms with E-state index in [2.05, 4.69) is 25.3 Å². The van der Waals surface area contributed by atoms with Crippen LogP contribution in [0.25, 0.3) is 22.2 Å². The Morgan fingerprint density at radius 3 is 2.12 bits per heavy atom. The van der Waals surface area contributed by atoms with Crippen LogP contribution in [0.15, 0.2) is 66.9 Å². The van der Waals surface area contributed by atoms with Crippen LogP contribution in [0, 0.1) is 0 Å². The SMILES string of the molecule is NC(=O)c1[nH]c2cccnc2c1-c1ccc(NC(=O)Nc2ccc(OC(F)(F)F)cc2)cc1. The highest BCUT2D eigenvalue weighted by Crippen LogP contribution is 2.31. The molecular formula is C22H16F3N5O3. The number of aromatic nitrogens is 2. The number of fused-ring (bicyclic) bond motifs is 1. The Balaban J connectivity index is 1.46. The molecule has 2 aromatic heterocycles. The number of aromatic amines is 1. The Morgan fingerprint density at radius 1 is 0.939 bits per heavy atom. The lowest BCUT2D eigenvalue weighted by Gasteiger charge is -2.11. The summed E-state index contributed by atoms with van der Waals surface area (Å²) >= 11 is 0. The number of carbonyl (C=O) groups excluding carboxylic acids is 2. The first-order chi connectivity index (χ1) is 15.7. The van der Waals surface area contributed by atoms with Crippen molar-refractivity contribution in [3.8, 4) is 16.9 Å². The van der Waals surface area contributed by atoms with E-state index in [0.717, 1.165) is 12.1 Å². The standard InChI is InChI=1S/C22H16F3N5O3/c23-22(24,25)33-15-9-7-14(8-10-15)29-21(32)28-13-5-3-12(4-6-13)17-18-16(2-1-11-27-18)30-19(17)20(26)31/h1-11,30H,(H2,26,31)(H2,28,29,32). The maximum atomic E-state index is 12.2. The number of rotatable bonds is 5. The fraction of sp³-hybridized carbons (Fsp3) is 0.0455. The molecule has 0 aliphatic rings. The van der Waals surface area contributed by atoms with Crippen LogP contribution in [-0.2, 0) is 0 Å². The Labute approximate surface area is 184 Å². The van der Waals surface area contributed by atoms with E-state index in [4.69, 9.17) is 5.73 Å². The summed E-state index contributed by atoms with van der Waals surface area (Å²) in [5.74, 6) is -1.03. The normalized spacial score (nSPS) is 11.2. The molecule has 0 unspecified atom stereocenters. The van der Waals surface area contributed by atoms with Gasteiger partial charge in [0.1, 0.15) is 11.4 Å². The minimum atomic E-state index is -4.79.